The third-order valence-electron chi connectivity index (χ3n) is 3.43. The van der Waals surface area contributed by atoms with Crippen LogP contribution in [0.25, 0.3) is 32.3 Å². The molecule has 0 aromatic heterocycles. The van der Waals surface area contributed by atoms with Gasteiger partial charge >= 0.3 is 0 Å². The molecule has 0 nitrogen and oxygen atoms in total. The summed E-state index contributed by atoms with van der Waals surface area (Å²) in [6, 6.07) is 17.6. The van der Waals surface area contributed by atoms with E-state index in [4.69, 9.17) is 0 Å². The van der Waals surface area contributed by atoms with Crippen LogP contribution in [0.1, 0.15) is 0 Å². The van der Waals surface area contributed by atoms with Crippen LogP contribution >= 0.6 is 0 Å². The molecule has 0 fully saturated rings. The van der Waals surface area contributed by atoms with Gasteiger partial charge in [0.15, 0.2) is 0 Å². The van der Waals surface area contributed by atoms with Crippen molar-refractivity contribution in [3.05, 3.63) is 60.4 Å². The number of hydrogen-bond acceptors (Lipinski definition) is 0. The minimum atomic E-state index is -0.170. The monoisotopic (exact) mass is 220 g/mol. The Kier molecular flexibility index (Phi) is 1.55. The molecule has 0 aliphatic heterocycles. The zero-order valence-electron chi connectivity index (χ0n) is 9.07. The third kappa shape index (κ3) is 1.11. The van der Waals surface area contributed by atoms with Crippen LogP contribution in [0.4, 0.5) is 4.39 Å². The fourth-order valence-electron chi connectivity index (χ4n) is 2.72. The Labute approximate surface area is 97.6 Å². The minimum absolute atomic E-state index is 0.170. The minimum Gasteiger partial charge on any atom is -0.207 e. The van der Waals surface area contributed by atoms with E-state index in [0.717, 1.165) is 10.8 Å². The van der Waals surface area contributed by atoms with Crippen LogP contribution in [0, 0.1) is 5.82 Å². The fourth-order valence-corrected chi connectivity index (χ4v) is 2.72. The maximum atomic E-state index is 13.5. The van der Waals surface area contributed by atoms with Crippen molar-refractivity contribution in [2.45, 2.75) is 0 Å². The molecular formula is C16H9F. The number of benzene rings is 4. The smallest absolute Gasteiger partial charge is 0.124 e. The first-order valence-corrected chi connectivity index (χ1v) is 5.66. The van der Waals surface area contributed by atoms with Gasteiger partial charge in [0.25, 0.3) is 0 Å². The molecule has 17 heavy (non-hydrogen) atoms. The van der Waals surface area contributed by atoms with E-state index in [1.54, 1.807) is 12.1 Å². The Hall–Kier alpha value is -2.15. The van der Waals surface area contributed by atoms with Gasteiger partial charge in [0, 0.05) is 0 Å². The molecule has 4 aromatic carbocycles. The van der Waals surface area contributed by atoms with Gasteiger partial charge in [-0.3, -0.25) is 0 Å². The molecule has 1 heteroatoms. The van der Waals surface area contributed by atoms with E-state index in [9.17, 15) is 4.39 Å². The van der Waals surface area contributed by atoms with E-state index in [1.807, 2.05) is 12.1 Å². The Morgan fingerprint density at radius 3 is 1.65 bits per heavy atom. The normalized spacial score (nSPS) is 11.8. The fraction of sp³-hybridized carbons (Fsp3) is 0. The van der Waals surface area contributed by atoms with Crippen molar-refractivity contribution >= 4 is 32.3 Å². The maximum absolute atomic E-state index is 13.5. The zero-order chi connectivity index (χ0) is 11.4. The first-order valence-electron chi connectivity index (χ1n) is 5.66. The van der Waals surface area contributed by atoms with Crippen LogP contribution in [-0.2, 0) is 0 Å². The van der Waals surface area contributed by atoms with E-state index in [2.05, 4.69) is 30.3 Å². The lowest BCUT2D eigenvalue weighted by Gasteiger charge is -2.10. The van der Waals surface area contributed by atoms with Gasteiger partial charge < -0.3 is 0 Å². The standard InChI is InChI=1S/C16H9F/c17-14-8-12-6-4-10-2-1-3-11-5-7-13(9-14)16(12)15(10)11/h1-9H. The molecule has 0 aliphatic carbocycles. The van der Waals surface area contributed by atoms with Crippen molar-refractivity contribution in [3.63, 3.8) is 0 Å². The van der Waals surface area contributed by atoms with E-state index in [1.165, 1.54) is 21.5 Å². The molecular weight excluding hydrogens is 211 g/mol. The largest absolute Gasteiger partial charge is 0.207 e. The molecule has 0 bridgehead atoms. The molecule has 0 spiro atoms. The van der Waals surface area contributed by atoms with Crippen molar-refractivity contribution in [1.82, 2.24) is 0 Å². The van der Waals surface area contributed by atoms with Gasteiger partial charge in [-0.05, 0) is 44.5 Å². The lowest BCUT2D eigenvalue weighted by Crippen LogP contribution is -1.84. The number of hydrogen-bond donors (Lipinski definition) is 0. The summed E-state index contributed by atoms with van der Waals surface area (Å²) in [5.74, 6) is -0.170. The molecule has 4 aromatic rings. The summed E-state index contributed by atoms with van der Waals surface area (Å²) < 4.78 is 13.5. The van der Waals surface area contributed by atoms with Crippen molar-refractivity contribution in [1.29, 1.82) is 0 Å². The lowest BCUT2D eigenvalue weighted by molar-refractivity contribution is 0.631. The van der Waals surface area contributed by atoms with Gasteiger partial charge in [0.05, 0.1) is 0 Å². The molecule has 0 heterocycles. The average Bonchev–Trinajstić information content (AvgIpc) is 2.35. The van der Waals surface area contributed by atoms with E-state index >= 15 is 0 Å². The van der Waals surface area contributed by atoms with Crippen LogP contribution in [0.3, 0.4) is 0 Å². The summed E-state index contributed by atoms with van der Waals surface area (Å²) >= 11 is 0. The Bertz CT molecular complexity index is 782. The SMILES string of the molecule is Fc1cc2ccc3cccc4ccc(c1)c2c34. The second-order valence-corrected chi connectivity index (χ2v) is 4.44. The quantitative estimate of drug-likeness (QED) is 0.376. The Morgan fingerprint density at radius 1 is 0.588 bits per heavy atom. The Morgan fingerprint density at radius 2 is 1.06 bits per heavy atom. The van der Waals surface area contributed by atoms with Crippen molar-refractivity contribution < 1.29 is 4.39 Å². The predicted octanol–water partition coefficient (Wildman–Crippen LogP) is 4.72. The molecule has 0 atom stereocenters. The predicted molar refractivity (Wildman–Crippen MR) is 70.1 cm³/mol. The zero-order valence-corrected chi connectivity index (χ0v) is 9.07. The number of halogens is 1. The third-order valence-corrected chi connectivity index (χ3v) is 3.43. The molecule has 80 valence electrons. The van der Waals surface area contributed by atoms with Crippen molar-refractivity contribution in [2.75, 3.05) is 0 Å². The van der Waals surface area contributed by atoms with Gasteiger partial charge in [0.2, 0.25) is 0 Å². The summed E-state index contributed by atoms with van der Waals surface area (Å²) in [5.41, 5.74) is 0. The van der Waals surface area contributed by atoms with E-state index in [-0.39, 0.29) is 5.82 Å². The van der Waals surface area contributed by atoms with E-state index < -0.39 is 0 Å². The van der Waals surface area contributed by atoms with Gasteiger partial charge in [-0.15, -0.1) is 0 Å². The van der Waals surface area contributed by atoms with Gasteiger partial charge in [-0.25, -0.2) is 4.39 Å². The highest BCUT2D eigenvalue weighted by Crippen LogP contribution is 2.34. The molecule has 0 amide bonds. The second-order valence-electron chi connectivity index (χ2n) is 4.44. The van der Waals surface area contributed by atoms with Crippen LogP contribution in [0.2, 0.25) is 0 Å². The molecule has 4 rings (SSSR count). The molecule has 0 saturated carbocycles. The van der Waals surface area contributed by atoms with Crippen molar-refractivity contribution in [2.24, 2.45) is 0 Å². The average molecular weight is 220 g/mol. The first kappa shape index (κ1) is 8.94. The lowest BCUT2D eigenvalue weighted by atomic mass is 9.94. The van der Waals surface area contributed by atoms with Gasteiger partial charge in [-0.1, -0.05) is 42.5 Å². The Balaban J connectivity index is 2.45. The summed E-state index contributed by atoms with van der Waals surface area (Å²) in [7, 11) is 0. The second kappa shape index (κ2) is 2.95. The van der Waals surface area contributed by atoms with E-state index in [0.29, 0.717) is 0 Å². The summed E-state index contributed by atoms with van der Waals surface area (Å²) in [5, 5.41) is 6.79. The summed E-state index contributed by atoms with van der Waals surface area (Å²) in [6.45, 7) is 0. The van der Waals surface area contributed by atoms with Gasteiger partial charge in [0.1, 0.15) is 5.82 Å². The molecule has 0 N–H and O–H groups in total. The van der Waals surface area contributed by atoms with Crippen molar-refractivity contribution in [3.8, 4) is 0 Å². The van der Waals surface area contributed by atoms with Gasteiger partial charge in [-0.2, -0.15) is 0 Å². The highest BCUT2D eigenvalue weighted by Gasteiger charge is 2.08. The molecule has 0 radical (unpaired) electrons. The summed E-state index contributed by atoms with van der Waals surface area (Å²) in [6.07, 6.45) is 0. The maximum Gasteiger partial charge on any atom is 0.124 e. The van der Waals surface area contributed by atoms with Crippen LogP contribution in [0.5, 0.6) is 0 Å². The molecule has 0 unspecified atom stereocenters. The highest BCUT2D eigenvalue weighted by atomic mass is 19.1. The summed E-state index contributed by atoms with van der Waals surface area (Å²) in [4.78, 5) is 0. The molecule has 0 saturated heterocycles. The number of rotatable bonds is 0. The topological polar surface area (TPSA) is 0 Å². The van der Waals surface area contributed by atoms with Crippen LogP contribution in [-0.4, -0.2) is 0 Å². The highest BCUT2D eigenvalue weighted by molar-refractivity contribution is 6.22. The first-order chi connectivity index (χ1) is 8.33. The van der Waals surface area contributed by atoms with Crippen LogP contribution in [0.15, 0.2) is 54.6 Å². The van der Waals surface area contributed by atoms with Crippen LogP contribution < -0.4 is 0 Å². The molecule has 0 aliphatic rings.